The van der Waals surface area contributed by atoms with E-state index in [0.717, 1.165) is 0 Å². The summed E-state index contributed by atoms with van der Waals surface area (Å²) in [6.45, 7) is 6.93. The smallest absolute Gasteiger partial charge is 0.249 e. The molecule has 1 aliphatic carbocycles. The van der Waals surface area contributed by atoms with Crippen molar-refractivity contribution in [3.63, 3.8) is 0 Å². The molecule has 2 N–H and O–H groups in total. The van der Waals surface area contributed by atoms with Crippen molar-refractivity contribution in [2.75, 3.05) is 0 Å². The van der Waals surface area contributed by atoms with Crippen molar-refractivity contribution in [2.24, 2.45) is 5.92 Å². The number of hydrogen-bond acceptors (Lipinski definition) is 3. The SMILES string of the molecule is C[C@H](O)C(=O)N[C@@H](C(=O)Cc1ccc(C(C)(C)C)c(F)c1)C1CCC(F)(F)CC1. The van der Waals surface area contributed by atoms with Crippen LogP contribution in [0.4, 0.5) is 13.2 Å². The van der Waals surface area contributed by atoms with Crippen LogP contribution in [0.2, 0.25) is 0 Å². The van der Waals surface area contributed by atoms with Gasteiger partial charge < -0.3 is 10.4 Å². The molecule has 1 fully saturated rings. The molecule has 29 heavy (non-hydrogen) atoms. The van der Waals surface area contributed by atoms with Crippen LogP contribution in [0.25, 0.3) is 0 Å². The summed E-state index contributed by atoms with van der Waals surface area (Å²) in [4.78, 5) is 24.9. The average molecular weight is 413 g/mol. The number of Topliss-reactive ketones (excluding diaryl/α,β-unsaturated/α-hetero) is 1. The molecule has 1 aromatic carbocycles. The number of ketones is 1. The summed E-state index contributed by atoms with van der Waals surface area (Å²) < 4.78 is 41.5. The molecule has 1 aromatic rings. The van der Waals surface area contributed by atoms with E-state index in [2.05, 4.69) is 5.32 Å². The summed E-state index contributed by atoms with van der Waals surface area (Å²) in [7, 11) is 0. The zero-order valence-electron chi connectivity index (χ0n) is 17.4. The van der Waals surface area contributed by atoms with Crippen LogP contribution < -0.4 is 5.32 Å². The van der Waals surface area contributed by atoms with Gasteiger partial charge in [0.15, 0.2) is 5.78 Å². The summed E-state index contributed by atoms with van der Waals surface area (Å²) in [5.41, 5.74) is 0.605. The molecule has 0 bridgehead atoms. The molecular formula is C22H30F3NO3. The van der Waals surface area contributed by atoms with Gasteiger partial charge in [0, 0.05) is 19.3 Å². The van der Waals surface area contributed by atoms with E-state index < -0.39 is 35.7 Å². The van der Waals surface area contributed by atoms with E-state index >= 15 is 0 Å². The summed E-state index contributed by atoms with van der Waals surface area (Å²) in [5.74, 6) is -4.72. The lowest BCUT2D eigenvalue weighted by atomic mass is 9.79. The first-order valence-corrected chi connectivity index (χ1v) is 9.98. The Bertz CT molecular complexity index is 746. The Labute approximate surface area is 169 Å². The van der Waals surface area contributed by atoms with E-state index in [1.165, 1.54) is 13.0 Å². The van der Waals surface area contributed by atoms with Crippen molar-refractivity contribution in [1.29, 1.82) is 0 Å². The maximum atomic E-state index is 14.5. The van der Waals surface area contributed by atoms with Gasteiger partial charge in [-0.2, -0.15) is 0 Å². The molecule has 0 saturated heterocycles. The number of halogens is 3. The number of amides is 1. The number of aliphatic hydroxyl groups is 1. The van der Waals surface area contributed by atoms with Crippen LogP contribution in [-0.4, -0.2) is 34.9 Å². The van der Waals surface area contributed by atoms with E-state index in [1.807, 2.05) is 20.8 Å². The summed E-state index contributed by atoms with van der Waals surface area (Å²) >= 11 is 0. The molecule has 0 aliphatic heterocycles. The topological polar surface area (TPSA) is 66.4 Å². The van der Waals surface area contributed by atoms with Gasteiger partial charge in [-0.3, -0.25) is 9.59 Å². The lowest BCUT2D eigenvalue weighted by molar-refractivity contribution is -0.134. The normalized spacial score (nSPS) is 19.4. The molecule has 1 aliphatic rings. The molecule has 2 rings (SSSR count). The third-order valence-corrected chi connectivity index (χ3v) is 5.48. The van der Waals surface area contributed by atoms with Crippen molar-refractivity contribution in [1.82, 2.24) is 5.32 Å². The second-order valence-electron chi connectivity index (χ2n) is 9.06. The number of alkyl halides is 2. The highest BCUT2D eigenvalue weighted by atomic mass is 19.3. The van der Waals surface area contributed by atoms with E-state index in [0.29, 0.717) is 11.1 Å². The number of aliphatic hydroxyl groups excluding tert-OH is 1. The zero-order valence-corrected chi connectivity index (χ0v) is 17.4. The van der Waals surface area contributed by atoms with Crippen molar-refractivity contribution in [3.8, 4) is 0 Å². The van der Waals surface area contributed by atoms with E-state index in [4.69, 9.17) is 0 Å². The lowest BCUT2D eigenvalue weighted by Crippen LogP contribution is -2.50. The fraction of sp³-hybridized carbons (Fsp3) is 0.636. The van der Waals surface area contributed by atoms with Gasteiger partial charge in [0.1, 0.15) is 11.9 Å². The Morgan fingerprint density at radius 2 is 1.83 bits per heavy atom. The second-order valence-corrected chi connectivity index (χ2v) is 9.06. The van der Waals surface area contributed by atoms with Crippen LogP contribution in [0, 0.1) is 11.7 Å². The standard InChI is InChI=1S/C22H30F3NO3/c1-13(27)20(29)26-19(15-7-9-22(24,25)10-8-15)18(28)12-14-5-6-16(17(23)11-14)21(2,3)4/h5-6,11,13,15,19,27H,7-10,12H2,1-4H3,(H,26,29)/t13-,19+/m0/s1. The van der Waals surface area contributed by atoms with Gasteiger partial charge in [0.25, 0.3) is 0 Å². The van der Waals surface area contributed by atoms with Crippen molar-refractivity contribution < 1.29 is 27.9 Å². The number of benzene rings is 1. The molecule has 0 spiro atoms. The third kappa shape index (κ3) is 6.29. The Kier molecular flexibility index (Phi) is 7.14. The maximum absolute atomic E-state index is 14.5. The van der Waals surface area contributed by atoms with Crippen molar-refractivity contribution in [3.05, 3.63) is 35.1 Å². The Morgan fingerprint density at radius 3 is 2.31 bits per heavy atom. The highest BCUT2D eigenvalue weighted by Crippen LogP contribution is 2.38. The minimum atomic E-state index is -2.76. The maximum Gasteiger partial charge on any atom is 0.249 e. The van der Waals surface area contributed by atoms with Gasteiger partial charge in [-0.05, 0) is 48.3 Å². The fourth-order valence-electron chi connectivity index (χ4n) is 3.72. The Hall–Kier alpha value is -1.89. The minimum Gasteiger partial charge on any atom is -0.384 e. The van der Waals surface area contributed by atoms with Crippen LogP contribution in [-0.2, 0) is 21.4 Å². The Morgan fingerprint density at radius 1 is 1.24 bits per heavy atom. The van der Waals surface area contributed by atoms with Gasteiger partial charge >= 0.3 is 0 Å². The number of carbonyl (C=O) groups excluding carboxylic acids is 2. The predicted molar refractivity (Wildman–Crippen MR) is 104 cm³/mol. The molecular weight excluding hydrogens is 383 g/mol. The van der Waals surface area contributed by atoms with Crippen LogP contribution >= 0.6 is 0 Å². The van der Waals surface area contributed by atoms with Gasteiger partial charge in [0.2, 0.25) is 11.8 Å². The van der Waals surface area contributed by atoms with Crippen LogP contribution in [0.15, 0.2) is 18.2 Å². The minimum absolute atomic E-state index is 0.0980. The molecule has 162 valence electrons. The number of nitrogens with one attached hydrogen (secondary N) is 1. The first kappa shape index (κ1) is 23.4. The van der Waals surface area contributed by atoms with Gasteiger partial charge in [-0.15, -0.1) is 0 Å². The number of rotatable bonds is 6. The van der Waals surface area contributed by atoms with Crippen molar-refractivity contribution >= 4 is 11.7 Å². The first-order chi connectivity index (χ1) is 13.3. The Balaban J connectivity index is 2.19. The van der Waals surface area contributed by atoms with E-state index in [1.54, 1.807) is 12.1 Å². The van der Waals surface area contributed by atoms with Crippen LogP contribution in [0.1, 0.15) is 64.5 Å². The molecule has 0 heterocycles. The quantitative estimate of drug-likeness (QED) is 0.743. The molecule has 4 nitrogen and oxygen atoms in total. The molecule has 1 saturated carbocycles. The largest absolute Gasteiger partial charge is 0.384 e. The summed E-state index contributed by atoms with van der Waals surface area (Å²) in [6, 6.07) is 3.63. The zero-order chi connectivity index (χ0) is 22.0. The monoisotopic (exact) mass is 413 g/mol. The predicted octanol–water partition coefficient (Wildman–Crippen LogP) is 3.93. The first-order valence-electron chi connectivity index (χ1n) is 9.98. The number of hydrogen-bond donors (Lipinski definition) is 2. The van der Waals surface area contributed by atoms with Gasteiger partial charge in [0.05, 0.1) is 6.04 Å². The second kappa shape index (κ2) is 8.86. The fourth-order valence-corrected chi connectivity index (χ4v) is 3.72. The highest BCUT2D eigenvalue weighted by molar-refractivity contribution is 5.91. The molecule has 1 amide bonds. The van der Waals surface area contributed by atoms with Crippen LogP contribution in [0.5, 0.6) is 0 Å². The summed E-state index contributed by atoms with van der Waals surface area (Å²) in [5, 5.41) is 12.0. The van der Waals surface area contributed by atoms with Gasteiger partial charge in [-0.25, -0.2) is 13.2 Å². The average Bonchev–Trinajstić information content (AvgIpc) is 2.58. The number of carbonyl (C=O) groups is 2. The third-order valence-electron chi connectivity index (χ3n) is 5.48. The molecule has 7 heteroatoms. The van der Waals surface area contributed by atoms with E-state index in [9.17, 15) is 27.9 Å². The molecule has 0 unspecified atom stereocenters. The molecule has 0 aromatic heterocycles. The van der Waals surface area contributed by atoms with Crippen molar-refractivity contribution in [2.45, 2.75) is 83.3 Å². The highest BCUT2D eigenvalue weighted by Gasteiger charge is 2.40. The summed E-state index contributed by atoms with van der Waals surface area (Å²) in [6.07, 6.45) is -1.94. The molecule has 0 radical (unpaired) electrons. The van der Waals surface area contributed by atoms with E-state index in [-0.39, 0.29) is 43.3 Å². The van der Waals surface area contributed by atoms with Crippen LogP contribution in [0.3, 0.4) is 0 Å². The lowest BCUT2D eigenvalue weighted by Gasteiger charge is -2.33. The van der Waals surface area contributed by atoms with Gasteiger partial charge in [-0.1, -0.05) is 32.9 Å². The molecule has 2 atom stereocenters.